The predicted molar refractivity (Wildman–Crippen MR) is 44.5 cm³/mol. The number of aromatic nitrogens is 2. The first-order valence-electron chi connectivity index (χ1n) is 3.47. The lowest BCUT2D eigenvalue weighted by molar-refractivity contribution is 0.493. The van der Waals surface area contributed by atoms with E-state index in [1.807, 2.05) is 6.20 Å². The van der Waals surface area contributed by atoms with Gasteiger partial charge in [0.25, 0.3) is 0 Å². The molecule has 0 aromatic carbocycles. The Bertz CT molecular complexity index is 207. The van der Waals surface area contributed by atoms with Gasteiger partial charge in [0, 0.05) is 18.4 Å². The molecule has 1 rings (SSSR count). The Morgan fingerprint density at radius 1 is 1.80 bits per heavy atom. The van der Waals surface area contributed by atoms with Crippen LogP contribution in [0.2, 0.25) is 0 Å². The summed E-state index contributed by atoms with van der Waals surface area (Å²) in [4.78, 5) is 4.01. The number of nitrogens with zero attached hydrogens (tertiary/aromatic N) is 2. The minimum atomic E-state index is 0.509. The highest BCUT2D eigenvalue weighted by Crippen LogP contribution is 2.14. The molecular weight excluding hydrogens is 144 g/mol. The molecule has 1 aromatic heterocycles. The highest BCUT2D eigenvalue weighted by molar-refractivity contribution is 7.80. The molecule has 0 aliphatic rings. The molecule has 2 nitrogen and oxygen atoms in total. The fourth-order valence-corrected chi connectivity index (χ4v) is 1.18. The lowest BCUT2D eigenvalue weighted by Gasteiger charge is -2.10. The van der Waals surface area contributed by atoms with Gasteiger partial charge in [-0.2, -0.15) is 0 Å². The van der Waals surface area contributed by atoms with E-state index < -0.39 is 0 Å². The highest BCUT2D eigenvalue weighted by Gasteiger charge is 2.03. The summed E-state index contributed by atoms with van der Waals surface area (Å²) in [7, 11) is 0. The molecule has 0 saturated carbocycles. The molecule has 0 radical (unpaired) electrons. The number of rotatable bonds is 2. The van der Waals surface area contributed by atoms with E-state index in [0.29, 0.717) is 6.04 Å². The summed E-state index contributed by atoms with van der Waals surface area (Å²) >= 11 is 4.19. The average Bonchev–Trinajstić information content (AvgIpc) is 2.34. The fourth-order valence-electron chi connectivity index (χ4n) is 0.846. The summed E-state index contributed by atoms with van der Waals surface area (Å²) in [5, 5.41) is 0.800. The van der Waals surface area contributed by atoms with Crippen molar-refractivity contribution in [2.24, 2.45) is 0 Å². The zero-order valence-corrected chi connectivity index (χ0v) is 7.18. The summed E-state index contributed by atoms with van der Waals surface area (Å²) in [6.07, 6.45) is 4.84. The minimum Gasteiger partial charge on any atom is -0.323 e. The van der Waals surface area contributed by atoms with Crippen molar-refractivity contribution in [3.63, 3.8) is 0 Å². The molecule has 0 bridgehead atoms. The summed E-state index contributed by atoms with van der Waals surface area (Å²) in [6, 6.07) is 0.509. The monoisotopic (exact) mass is 156 g/mol. The van der Waals surface area contributed by atoms with Crippen LogP contribution in [-0.4, -0.2) is 9.55 Å². The molecule has 1 unspecified atom stereocenters. The maximum absolute atomic E-state index is 4.19. The number of imidazole rings is 1. The highest BCUT2D eigenvalue weighted by atomic mass is 32.1. The predicted octanol–water partition coefficient (Wildman–Crippen LogP) is 2.14. The topological polar surface area (TPSA) is 17.8 Å². The van der Waals surface area contributed by atoms with Gasteiger partial charge in [-0.05, 0) is 13.3 Å². The standard InChI is InChI=1S/C7H12N2S/c1-3-6(2)9-5-4-8-7(9)10/h4-6H,3H2,1-2H3,(H,8,10). The van der Waals surface area contributed by atoms with Crippen LogP contribution in [-0.2, 0) is 0 Å². The molecule has 0 N–H and O–H groups in total. The van der Waals surface area contributed by atoms with Gasteiger partial charge in [-0.25, -0.2) is 4.98 Å². The van der Waals surface area contributed by atoms with Crippen molar-refractivity contribution in [1.29, 1.82) is 0 Å². The van der Waals surface area contributed by atoms with Crippen LogP contribution < -0.4 is 0 Å². The van der Waals surface area contributed by atoms with Gasteiger partial charge in [-0.1, -0.05) is 6.92 Å². The lowest BCUT2D eigenvalue weighted by atomic mass is 10.3. The molecule has 1 aromatic rings. The molecule has 3 heteroatoms. The van der Waals surface area contributed by atoms with Crippen LogP contribution in [0.1, 0.15) is 26.3 Å². The Balaban J connectivity index is 2.82. The second kappa shape index (κ2) is 3.10. The molecule has 0 saturated heterocycles. The van der Waals surface area contributed by atoms with Gasteiger partial charge in [-0.15, -0.1) is 12.6 Å². The minimum absolute atomic E-state index is 0.509. The van der Waals surface area contributed by atoms with Gasteiger partial charge in [0.05, 0.1) is 0 Å². The van der Waals surface area contributed by atoms with E-state index in [-0.39, 0.29) is 0 Å². The molecule has 1 atom stereocenters. The Hall–Kier alpha value is -0.440. The average molecular weight is 156 g/mol. The van der Waals surface area contributed by atoms with Gasteiger partial charge >= 0.3 is 0 Å². The van der Waals surface area contributed by atoms with E-state index in [1.165, 1.54) is 0 Å². The Labute approximate surface area is 66.7 Å². The zero-order chi connectivity index (χ0) is 7.56. The second-order valence-electron chi connectivity index (χ2n) is 2.39. The molecule has 0 fully saturated rings. The Kier molecular flexibility index (Phi) is 2.38. The third-order valence-corrected chi connectivity index (χ3v) is 2.06. The SMILES string of the molecule is CCC(C)n1ccnc1S. The molecular formula is C7H12N2S. The van der Waals surface area contributed by atoms with Crippen LogP contribution in [0.5, 0.6) is 0 Å². The van der Waals surface area contributed by atoms with Crippen molar-refractivity contribution in [2.45, 2.75) is 31.5 Å². The third kappa shape index (κ3) is 1.34. The van der Waals surface area contributed by atoms with Crippen LogP contribution in [0.4, 0.5) is 0 Å². The first-order chi connectivity index (χ1) is 4.75. The van der Waals surface area contributed by atoms with Crippen LogP contribution in [0.15, 0.2) is 17.6 Å². The van der Waals surface area contributed by atoms with Crippen molar-refractivity contribution in [3.8, 4) is 0 Å². The second-order valence-corrected chi connectivity index (χ2v) is 2.79. The summed E-state index contributed by atoms with van der Waals surface area (Å²) in [6.45, 7) is 4.30. The van der Waals surface area contributed by atoms with E-state index in [1.54, 1.807) is 6.20 Å². The van der Waals surface area contributed by atoms with Gasteiger partial charge in [-0.3, -0.25) is 0 Å². The maximum atomic E-state index is 4.19. The molecule has 0 aliphatic carbocycles. The maximum Gasteiger partial charge on any atom is 0.165 e. The van der Waals surface area contributed by atoms with Crippen molar-refractivity contribution in [1.82, 2.24) is 9.55 Å². The summed E-state index contributed by atoms with van der Waals surface area (Å²) in [5.41, 5.74) is 0. The largest absolute Gasteiger partial charge is 0.323 e. The quantitative estimate of drug-likeness (QED) is 0.649. The molecule has 0 spiro atoms. The Morgan fingerprint density at radius 2 is 2.50 bits per heavy atom. The Morgan fingerprint density at radius 3 is 2.90 bits per heavy atom. The van der Waals surface area contributed by atoms with E-state index >= 15 is 0 Å². The van der Waals surface area contributed by atoms with Gasteiger partial charge in [0.15, 0.2) is 5.16 Å². The normalized spacial score (nSPS) is 13.5. The van der Waals surface area contributed by atoms with E-state index in [4.69, 9.17) is 0 Å². The first kappa shape index (κ1) is 7.66. The number of hydrogen-bond acceptors (Lipinski definition) is 2. The van der Waals surface area contributed by atoms with Crippen LogP contribution in [0, 0.1) is 0 Å². The van der Waals surface area contributed by atoms with Crippen molar-refractivity contribution in [3.05, 3.63) is 12.4 Å². The molecule has 0 aliphatic heterocycles. The van der Waals surface area contributed by atoms with E-state index in [9.17, 15) is 0 Å². The van der Waals surface area contributed by atoms with Crippen molar-refractivity contribution >= 4 is 12.6 Å². The molecule has 56 valence electrons. The molecule has 0 amide bonds. The van der Waals surface area contributed by atoms with E-state index in [2.05, 4.69) is 36.0 Å². The van der Waals surface area contributed by atoms with E-state index in [0.717, 1.165) is 11.6 Å². The number of hydrogen-bond donors (Lipinski definition) is 1. The van der Waals surface area contributed by atoms with Gasteiger partial charge < -0.3 is 4.57 Å². The fraction of sp³-hybridized carbons (Fsp3) is 0.571. The van der Waals surface area contributed by atoms with Crippen LogP contribution >= 0.6 is 12.6 Å². The number of thiol groups is 1. The molecule has 1 heterocycles. The lowest BCUT2D eigenvalue weighted by Crippen LogP contribution is -2.02. The summed E-state index contributed by atoms with van der Waals surface area (Å²) in [5.74, 6) is 0. The first-order valence-corrected chi connectivity index (χ1v) is 3.92. The van der Waals surface area contributed by atoms with Gasteiger partial charge in [0.1, 0.15) is 0 Å². The van der Waals surface area contributed by atoms with Gasteiger partial charge in [0.2, 0.25) is 0 Å². The summed E-state index contributed by atoms with van der Waals surface area (Å²) < 4.78 is 2.06. The van der Waals surface area contributed by atoms with Crippen LogP contribution in [0.25, 0.3) is 0 Å². The van der Waals surface area contributed by atoms with Crippen molar-refractivity contribution < 1.29 is 0 Å². The zero-order valence-electron chi connectivity index (χ0n) is 6.28. The van der Waals surface area contributed by atoms with Crippen molar-refractivity contribution in [2.75, 3.05) is 0 Å². The molecule has 10 heavy (non-hydrogen) atoms. The van der Waals surface area contributed by atoms with Crippen LogP contribution in [0.3, 0.4) is 0 Å². The third-order valence-electron chi connectivity index (χ3n) is 1.71. The smallest absolute Gasteiger partial charge is 0.165 e.